The molecule has 0 radical (unpaired) electrons. The van der Waals surface area contributed by atoms with Crippen molar-refractivity contribution in [2.75, 3.05) is 12.4 Å². The Hall–Kier alpha value is -3.14. The fraction of sp³-hybridized carbons (Fsp3) is 0.316. The molecular formula is C19H21N5O4S. The normalized spacial score (nSPS) is 11.4. The average molecular weight is 415 g/mol. The van der Waals surface area contributed by atoms with Crippen LogP contribution < -0.4 is 11.0 Å². The lowest BCUT2D eigenvalue weighted by atomic mass is 10.2. The summed E-state index contributed by atoms with van der Waals surface area (Å²) in [5.41, 5.74) is 0.336. The van der Waals surface area contributed by atoms with E-state index in [1.807, 2.05) is 20.8 Å². The van der Waals surface area contributed by atoms with E-state index in [9.17, 15) is 14.4 Å². The number of nitrogens with zero attached hydrogens (tertiary/aromatic N) is 4. The van der Waals surface area contributed by atoms with Gasteiger partial charge in [0, 0.05) is 4.75 Å². The molecule has 1 amide bonds. The quantitative estimate of drug-likeness (QED) is 0.503. The lowest BCUT2D eigenvalue weighted by Crippen LogP contribution is -2.29. The van der Waals surface area contributed by atoms with Gasteiger partial charge >= 0.3 is 11.7 Å². The largest absolute Gasteiger partial charge is 0.465 e. The maximum absolute atomic E-state index is 12.6. The minimum Gasteiger partial charge on any atom is -0.465 e. The first kappa shape index (κ1) is 20.6. The predicted octanol–water partition coefficient (Wildman–Crippen LogP) is 2.21. The molecule has 9 nitrogen and oxygen atoms in total. The van der Waals surface area contributed by atoms with E-state index in [1.54, 1.807) is 30.3 Å². The Bertz CT molecular complexity index is 1130. The van der Waals surface area contributed by atoms with Crippen molar-refractivity contribution in [3.05, 3.63) is 52.4 Å². The number of esters is 1. The summed E-state index contributed by atoms with van der Waals surface area (Å²) in [6, 6.07) is 9.92. The third kappa shape index (κ3) is 4.83. The van der Waals surface area contributed by atoms with Crippen molar-refractivity contribution in [2.24, 2.45) is 0 Å². The van der Waals surface area contributed by atoms with E-state index >= 15 is 0 Å². The van der Waals surface area contributed by atoms with E-state index in [4.69, 9.17) is 4.74 Å². The smallest absolute Gasteiger partial charge is 0.367 e. The van der Waals surface area contributed by atoms with Gasteiger partial charge in [0.05, 0.1) is 18.4 Å². The predicted molar refractivity (Wildman–Crippen MR) is 109 cm³/mol. The zero-order valence-electron chi connectivity index (χ0n) is 16.5. The second-order valence-corrected chi connectivity index (χ2v) is 9.03. The first-order valence-corrected chi connectivity index (χ1v) is 9.63. The van der Waals surface area contributed by atoms with Crippen LogP contribution in [0.2, 0.25) is 0 Å². The van der Waals surface area contributed by atoms with E-state index in [2.05, 4.69) is 15.5 Å². The Morgan fingerprint density at radius 3 is 2.55 bits per heavy atom. The topological polar surface area (TPSA) is 108 Å². The highest BCUT2D eigenvalue weighted by Gasteiger charge is 2.18. The molecule has 2 aromatic heterocycles. The van der Waals surface area contributed by atoms with Gasteiger partial charge in [0.2, 0.25) is 5.91 Å². The number of ether oxygens (including phenoxy) is 1. The van der Waals surface area contributed by atoms with Crippen molar-refractivity contribution < 1.29 is 14.3 Å². The number of para-hydroxylation sites is 1. The third-order valence-corrected chi connectivity index (χ3v) is 4.77. The summed E-state index contributed by atoms with van der Waals surface area (Å²) in [5, 5.41) is 11.8. The highest BCUT2D eigenvalue weighted by Crippen LogP contribution is 2.29. The molecule has 3 rings (SSSR count). The summed E-state index contributed by atoms with van der Waals surface area (Å²) < 4.78 is 6.85. The molecule has 3 aromatic rings. The third-order valence-electron chi connectivity index (χ3n) is 3.73. The molecular weight excluding hydrogens is 394 g/mol. The zero-order chi connectivity index (χ0) is 21.2. The van der Waals surface area contributed by atoms with Crippen LogP contribution >= 0.6 is 11.8 Å². The van der Waals surface area contributed by atoms with Crippen LogP contribution in [-0.2, 0) is 16.1 Å². The van der Waals surface area contributed by atoms with Crippen LogP contribution in [0.3, 0.4) is 0 Å². The maximum atomic E-state index is 12.6. The number of rotatable bonds is 5. The lowest BCUT2D eigenvalue weighted by Gasteiger charge is -2.16. The van der Waals surface area contributed by atoms with Gasteiger partial charge in [-0.15, -0.1) is 5.10 Å². The van der Waals surface area contributed by atoms with E-state index in [-0.39, 0.29) is 16.9 Å². The fourth-order valence-corrected chi connectivity index (χ4v) is 3.45. The van der Waals surface area contributed by atoms with E-state index in [0.717, 1.165) is 4.68 Å². The number of carbonyl (C=O) groups is 2. The second-order valence-electron chi connectivity index (χ2n) is 7.18. The Morgan fingerprint density at radius 1 is 1.14 bits per heavy atom. The number of fused-ring (bicyclic) bond motifs is 1. The molecule has 1 aromatic carbocycles. The number of methoxy groups -OCH3 is 1. The van der Waals surface area contributed by atoms with Crippen molar-refractivity contribution in [3.8, 4) is 0 Å². The maximum Gasteiger partial charge on any atom is 0.367 e. The number of anilines is 1. The van der Waals surface area contributed by atoms with Crippen LogP contribution in [0.1, 0.15) is 31.1 Å². The first-order valence-electron chi connectivity index (χ1n) is 8.81. The van der Waals surface area contributed by atoms with Crippen LogP contribution in [0.4, 0.5) is 5.69 Å². The number of amides is 1. The van der Waals surface area contributed by atoms with Crippen LogP contribution in [0, 0.1) is 0 Å². The highest BCUT2D eigenvalue weighted by atomic mass is 32.2. The molecule has 0 unspecified atom stereocenters. The van der Waals surface area contributed by atoms with Crippen molar-refractivity contribution in [1.29, 1.82) is 0 Å². The molecule has 0 spiro atoms. The molecule has 0 aliphatic carbocycles. The van der Waals surface area contributed by atoms with E-state index in [0.29, 0.717) is 16.4 Å². The fourth-order valence-electron chi connectivity index (χ4n) is 2.57. The summed E-state index contributed by atoms with van der Waals surface area (Å²) in [7, 11) is 1.26. The van der Waals surface area contributed by atoms with Gasteiger partial charge in [-0.25, -0.2) is 14.3 Å². The van der Waals surface area contributed by atoms with Gasteiger partial charge < -0.3 is 10.1 Å². The Kier molecular flexibility index (Phi) is 5.73. The molecule has 29 heavy (non-hydrogen) atoms. The second kappa shape index (κ2) is 8.08. The Morgan fingerprint density at radius 2 is 1.86 bits per heavy atom. The molecule has 0 saturated heterocycles. The number of benzene rings is 1. The number of aromatic nitrogens is 4. The number of hydrogen-bond acceptors (Lipinski definition) is 7. The number of nitrogens with one attached hydrogen (secondary N) is 1. The van der Waals surface area contributed by atoms with Gasteiger partial charge in [-0.3, -0.25) is 4.79 Å². The van der Waals surface area contributed by atoms with Gasteiger partial charge in [0.25, 0.3) is 0 Å². The molecule has 1 N–H and O–H groups in total. The van der Waals surface area contributed by atoms with Crippen molar-refractivity contribution in [3.63, 3.8) is 0 Å². The van der Waals surface area contributed by atoms with Crippen LogP contribution in [0.15, 0.2) is 46.2 Å². The van der Waals surface area contributed by atoms with Gasteiger partial charge in [0.15, 0.2) is 5.65 Å². The standard InChI is InChI=1S/C19H21N5O4S/c1-19(2,3)29-16-10-9-14-21-23(18(27)24(14)22-16)11-15(25)20-13-8-6-5-7-12(13)17(26)28-4/h5-10H,11H2,1-4H3,(H,20,25). The van der Waals surface area contributed by atoms with Crippen molar-refractivity contribution in [2.45, 2.75) is 37.1 Å². The average Bonchev–Trinajstić information content (AvgIpc) is 2.95. The van der Waals surface area contributed by atoms with Crippen molar-refractivity contribution >= 4 is 35.0 Å². The Labute approximate surface area is 171 Å². The first-order chi connectivity index (χ1) is 13.7. The molecule has 0 saturated carbocycles. The van der Waals surface area contributed by atoms with E-state index in [1.165, 1.54) is 29.5 Å². The van der Waals surface area contributed by atoms with E-state index < -0.39 is 17.6 Å². The number of thioether (sulfide) groups is 1. The molecule has 2 heterocycles. The number of hydrogen-bond donors (Lipinski definition) is 1. The van der Waals surface area contributed by atoms with Crippen LogP contribution in [0.5, 0.6) is 0 Å². The summed E-state index contributed by atoms with van der Waals surface area (Å²) >= 11 is 1.52. The van der Waals surface area contributed by atoms with Crippen LogP contribution in [-0.4, -0.2) is 43.1 Å². The zero-order valence-corrected chi connectivity index (χ0v) is 17.3. The summed E-state index contributed by atoms with van der Waals surface area (Å²) in [5.74, 6) is -1.07. The minimum absolute atomic E-state index is 0.0623. The van der Waals surface area contributed by atoms with Gasteiger partial charge in [-0.1, -0.05) is 44.7 Å². The monoisotopic (exact) mass is 415 g/mol. The highest BCUT2D eigenvalue weighted by molar-refractivity contribution is 8.00. The molecule has 0 aliphatic rings. The summed E-state index contributed by atoms with van der Waals surface area (Å²) in [6.45, 7) is 5.82. The Balaban J connectivity index is 1.82. The molecule has 10 heteroatoms. The van der Waals surface area contributed by atoms with Gasteiger partial charge in [-0.05, 0) is 24.3 Å². The van der Waals surface area contributed by atoms with Crippen molar-refractivity contribution in [1.82, 2.24) is 19.4 Å². The molecule has 0 aliphatic heterocycles. The summed E-state index contributed by atoms with van der Waals surface area (Å²) in [6.07, 6.45) is 0. The van der Waals surface area contributed by atoms with Gasteiger partial charge in [-0.2, -0.15) is 9.61 Å². The number of carbonyl (C=O) groups excluding carboxylic acids is 2. The molecule has 0 bridgehead atoms. The van der Waals surface area contributed by atoms with Crippen LogP contribution in [0.25, 0.3) is 5.65 Å². The summed E-state index contributed by atoms with van der Waals surface area (Å²) in [4.78, 5) is 36.8. The SMILES string of the molecule is COC(=O)c1ccccc1NC(=O)Cn1nc2ccc(SC(C)(C)C)nn2c1=O. The molecule has 0 fully saturated rings. The minimum atomic E-state index is -0.570. The lowest BCUT2D eigenvalue weighted by molar-refractivity contribution is -0.117. The molecule has 0 atom stereocenters. The van der Waals surface area contributed by atoms with Gasteiger partial charge in [0.1, 0.15) is 11.6 Å². The molecule has 152 valence electrons.